The molecule has 2 nitrogen and oxygen atoms in total. The first-order valence-corrected chi connectivity index (χ1v) is 4.36. The molecule has 1 aromatic rings. The van der Waals surface area contributed by atoms with Crippen molar-refractivity contribution >= 4 is 5.69 Å². The van der Waals surface area contributed by atoms with Crippen LogP contribution in [0, 0.1) is 6.92 Å². The molecule has 0 saturated carbocycles. The Labute approximate surface area is 72.8 Å². The third-order valence-electron chi connectivity index (χ3n) is 2.54. The van der Waals surface area contributed by atoms with Crippen LogP contribution < -0.4 is 11.1 Å². The number of rotatable bonds is 0. The Morgan fingerprint density at radius 2 is 2.25 bits per heavy atom. The third-order valence-corrected chi connectivity index (χ3v) is 2.54. The molecular weight excluding hydrogens is 148 g/mol. The molecule has 1 aliphatic heterocycles. The summed E-state index contributed by atoms with van der Waals surface area (Å²) < 4.78 is 0. The minimum absolute atomic E-state index is 0.933. The van der Waals surface area contributed by atoms with Crippen LogP contribution in [0.15, 0.2) is 12.1 Å². The predicted octanol–water partition coefficient (Wildman–Crippen LogP) is 1.22. The highest BCUT2D eigenvalue weighted by molar-refractivity contribution is 5.57. The highest BCUT2D eigenvalue weighted by Crippen LogP contribution is 2.23. The van der Waals surface area contributed by atoms with Crippen LogP contribution in [0.25, 0.3) is 0 Å². The Hall–Kier alpha value is -1.02. The third kappa shape index (κ3) is 1.08. The summed E-state index contributed by atoms with van der Waals surface area (Å²) in [5.41, 5.74) is 10.8. The lowest BCUT2D eigenvalue weighted by atomic mass is 9.97. The molecule has 12 heavy (non-hydrogen) atoms. The number of aryl methyl sites for hydroxylation is 1. The van der Waals surface area contributed by atoms with Gasteiger partial charge in [0.05, 0.1) is 0 Å². The first-order valence-electron chi connectivity index (χ1n) is 4.36. The van der Waals surface area contributed by atoms with Crippen LogP contribution in [0.2, 0.25) is 0 Å². The molecule has 0 bridgehead atoms. The van der Waals surface area contributed by atoms with Gasteiger partial charge >= 0.3 is 0 Å². The fourth-order valence-electron chi connectivity index (χ4n) is 1.71. The van der Waals surface area contributed by atoms with E-state index in [1.54, 1.807) is 0 Å². The van der Waals surface area contributed by atoms with E-state index in [2.05, 4.69) is 24.4 Å². The summed E-state index contributed by atoms with van der Waals surface area (Å²) in [7, 11) is 0. The largest absolute Gasteiger partial charge is 0.398 e. The number of nitrogen functional groups attached to an aromatic ring is 1. The van der Waals surface area contributed by atoms with Gasteiger partial charge in [-0.15, -0.1) is 0 Å². The lowest BCUT2D eigenvalue weighted by Gasteiger charge is -2.19. The van der Waals surface area contributed by atoms with Gasteiger partial charge in [-0.05, 0) is 36.6 Å². The van der Waals surface area contributed by atoms with E-state index >= 15 is 0 Å². The van der Waals surface area contributed by atoms with Crippen molar-refractivity contribution in [3.63, 3.8) is 0 Å². The summed E-state index contributed by atoms with van der Waals surface area (Å²) in [6.07, 6.45) is 1.11. The van der Waals surface area contributed by atoms with Crippen LogP contribution in [-0.2, 0) is 13.0 Å². The molecule has 3 N–H and O–H groups in total. The van der Waals surface area contributed by atoms with Crippen LogP contribution in [-0.4, -0.2) is 6.54 Å². The van der Waals surface area contributed by atoms with Crippen LogP contribution >= 0.6 is 0 Å². The molecule has 1 aliphatic rings. The molecule has 0 fully saturated rings. The van der Waals surface area contributed by atoms with Gasteiger partial charge in [-0.1, -0.05) is 12.1 Å². The summed E-state index contributed by atoms with van der Waals surface area (Å²) in [6, 6.07) is 4.31. The van der Waals surface area contributed by atoms with Gasteiger partial charge in [0.15, 0.2) is 0 Å². The molecule has 0 atom stereocenters. The zero-order valence-corrected chi connectivity index (χ0v) is 7.35. The van der Waals surface area contributed by atoms with Crippen LogP contribution in [0.5, 0.6) is 0 Å². The van der Waals surface area contributed by atoms with Gasteiger partial charge in [-0.3, -0.25) is 0 Å². The number of anilines is 1. The van der Waals surface area contributed by atoms with Crippen molar-refractivity contribution in [3.05, 3.63) is 28.8 Å². The highest BCUT2D eigenvalue weighted by atomic mass is 14.9. The molecule has 0 spiro atoms. The maximum atomic E-state index is 5.96. The van der Waals surface area contributed by atoms with Crippen molar-refractivity contribution < 1.29 is 0 Å². The zero-order chi connectivity index (χ0) is 8.55. The fourth-order valence-corrected chi connectivity index (χ4v) is 1.71. The Kier molecular flexibility index (Phi) is 1.77. The molecule has 0 amide bonds. The lowest BCUT2D eigenvalue weighted by molar-refractivity contribution is 0.645. The summed E-state index contributed by atoms with van der Waals surface area (Å²) in [4.78, 5) is 0. The Morgan fingerprint density at radius 1 is 1.42 bits per heavy atom. The van der Waals surface area contributed by atoms with E-state index in [9.17, 15) is 0 Å². The molecule has 2 heteroatoms. The first-order chi connectivity index (χ1) is 5.79. The minimum atomic E-state index is 0.933. The van der Waals surface area contributed by atoms with Gasteiger partial charge in [-0.2, -0.15) is 0 Å². The molecule has 0 radical (unpaired) electrons. The number of nitrogens with one attached hydrogen (secondary N) is 1. The van der Waals surface area contributed by atoms with E-state index in [-0.39, 0.29) is 0 Å². The Morgan fingerprint density at radius 3 is 3.08 bits per heavy atom. The standard InChI is InChI=1S/C10H14N2/c1-7-2-3-8-4-5-12-6-9(8)10(7)11/h2-3,12H,4-6,11H2,1H3. The second-order valence-electron chi connectivity index (χ2n) is 3.36. The quantitative estimate of drug-likeness (QED) is 0.563. The average molecular weight is 162 g/mol. The van der Waals surface area contributed by atoms with Crippen LogP contribution in [0.4, 0.5) is 5.69 Å². The van der Waals surface area contributed by atoms with Crippen molar-refractivity contribution in [2.45, 2.75) is 19.9 Å². The summed E-state index contributed by atoms with van der Waals surface area (Å²) in [5, 5.41) is 3.33. The molecular formula is C10H14N2. The lowest BCUT2D eigenvalue weighted by Crippen LogP contribution is -2.24. The average Bonchev–Trinajstić information content (AvgIpc) is 2.12. The molecule has 2 rings (SSSR count). The molecule has 1 aromatic carbocycles. The monoisotopic (exact) mass is 162 g/mol. The van der Waals surface area contributed by atoms with Gasteiger partial charge in [0.1, 0.15) is 0 Å². The molecule has 0 aliphatic carbocycles. The van der Waals surface area contributed by atoms with Crippen molar-refractivity contribution in [1.29, 1.82) is 0 Å². The SMILES string of the molecule is Cc1ccc2c(c1N)CNCC2. The number of hydrogen-bond donors (Lipinski definition) is 2. The van der Waals surface area contributed by atoms with Crippen LogP contribution in [0.3, 0.4) is 0 Å². The summed E-state index contributed by atoms with van der Waals surface area (Å²) in [5.74, 6) is 0. The van der Waals surface area contributed by atoms with Gasteiger partial charge in [-0.25, -0.2) is 0 Å². The Balaban J connectivity index is 2.54. The highest BCUT2D eigenvalue weighted by Gasteiger charge is 2.11. The van der Waals surface area contributed by atoms with Gasteiger partial charge < -0.3 is 11.1 Å². The van der Waals surface area contributed by atoms with E-state index < -0.39 is 0 Å². The van der Waals surface area contributed by atoms with Crippen molar-refractivity contribution in [2.75, 3.05) is 12.3 Å². The zero-order valence-electron chi connectivity index (χ0n) is 7.35. The summed E-state index contributed by atoms with van der Waals surface area (Å²) in [6.45, 7) is 4.07. The molecule has 0 saturated heterocycles. The number of nitrogens with two attached hydrogens (primary N) is 1. The fraction of sp³-hybridized carbons (Fsp3) is 0.400. The molecule has 64 valence electrons. The summed E-state index contributed by atoms with van der Waals surface area (Å²) >= 11 is 0. The maximum Gasteiger partial charge on any atom is 0.0392 e. The van der Waals surface area contributed by atoms with E-state index in [4.69, 9.17) is 5.73 Å². The molecule has 0 aromatic heterocycles. The van der Waals surface area contributed by atoms with Gasteiger partial charge in [0, 0.05) is 12.2 Å². The molecule has 0 unspecified atom stereocenters. The van der Waals surface area contributed by atoms with Gasteiger partial charge in [0.2, 0.25) is 0 Å². The van der Waals surface area contributed by atoms with Crippen molar-refractivity contribution in [3.8, 4) is 0 Å². The van der Waals surface area contributed by atoms with E-state index in [0.717, 1.165) is 25.2 Å². The predicted molar refractivity (Wildman–Crippen MR) is 51.0 cm³/mol. The minimum Gasteiger partial charge on any atom is -0.398 e. The second-order valence-corrected chi connectivity index (χ2v) is 3.36. The van der Waals surface area contributed by atoms with Crippen molar-refractivity contribution in [1.82, 2.24) is 5.32 Å². The number of hydrogen-bond acceptors (Lipinski definition) is 2. The topological polar surface area (TPSA) is 38.0 Å². The smallest absolute Gasteiger partial charge is 0.0392 e. The number of fused-ring (bicyclic) bond motifs is 1. The van der Waals surface area contributed by atoms with E-state index in [0.29, 0.717) is 0 Å². The second kappa shape index (κ2) is 2.79. The van der Waals surface area contributed by atoms with E-state index in [1.807, 2.05) is 0 Å². The normalized spacial score (nSPS) is 15.8. The van der Waals surface area contributed by atoms with Gasteiger partial charge in [0.25, 0.3) is 0 Å². The first kappa shape index (κ1) is 7.62. The van der Waals surface area contributed by atoms with E-state index in [1.165, 1.54) is 16.7 Å². The number of benzene rings is 1. The Bertz CT molecular complexity index is 305. The van der Waals surface area contributed by atoms with Crippen LogP contribution in [0.1, 0.15) is 16.7 Å². The maximum absolute atomic E-state index is 5.96. The molecule has 1 heterocycles. The van der Waals surface area contributed by atoms with Crippen molar-refractivity contribution in [2.24, 2.45) is 0 Å².